The van der Waals surface area contributed by atoms with E-state index in [1.54, 1.807) is 0 Å². The maximum Gasteiger partial charge on any atom is 0.315 e. The molecule has 1 saturated carbocycles. The lowest BCUT2D eigenvalue weighted by Crippen LogP contribution is -2.41. The number of carbonyl (C=O) groups excluding carboxylic acids is 1. The molecule has 3 N–H and O–H groups in total. The Hall–Kier alpha value is -2.12. The number of aromatic nitrogens is 2. The van der Waals surface area contributed by atoms with Crippen molar-refractivity contribution in [1.29, 1.82) is 0 Å². The molecule has 2 rings (SSSR count). The first-order chi connectivity index (χ1) is 8.65. The van der Waals surface area contributed by atoms with Crippen molar-refractivity contribution in [2.75, 3.05) is 0 Å². The van der Waals surface area contributed by atoms with Gasteiger partial charge in [0.2, 0.25) is 6.39 Å². The van der Waals surface area contributed by atoms with Crippen LogP contribution in [-0.4, -0.2) is 33.3 Å². The Bertz CT molecular complexity index is 420. The second-order valence-corrected chi connectivity index (χ2v) is 4.22. The standard InChI is InChI=1S/C10H14N4O4/c15-9(16)6-1-2-7(3-6)13-10(17)11-4-8-12-5-18-14-8/h5-7H,1-4H2,(H,15,16)(H2,11,13,17)/t6-,7+/m1/s1. The second-order valence-electron chi connectivity index (χ2n) is 4.22. The van der Waals surface area contributed by atoms with E-state index in [4.69, 9.17) is 5.11 Å². The summed E-state index contributed by atoms with van der Waals surface area (Å²) in [5.74, 6) is -0.765. The van der Waals surface area contributed by atoms with Crippen molar-refractivity contribution in [3.05, 3.63) is 12.2 Å². The van der Waals surface area contributed by atoms with Gasteiger partial charge >= 0.3 is 12.0 Å². The molecular formula is C10H14N4O4. The Morgan fingerprint density at radius 2 is 2.33 bits per heavy atom. The topological polar surface area (TPSA) is 117 Å². The molecule has 0 aliphatic heterocycles. The number of amides is 2. The highest BCUT2D eigenvalue weighted by molar-refractivity contribution is 5.75. The predicted octanol–water partition coefficient (Wildman–Crippen LogP) is 0.122. The minimum Gasteiger partial charge on any atom is -0.481 e. The zero-order valence-corrected chi connectivity index (χ0v) is 9.63. The van der Waals surface area contributed by atoms with Crippen LogP contribution in [0.2, 0.25) is 0 Å². The van der Waals surface area contributed by atoms with E-state index in [0.717, 1.165) is 0 Å². The second kappa shape index (κ2) is 5.48. The Labute approximate surface area is 103 Å². The summed E-state index contributed by atoms with van der Waals surface area (Å²) in [7, 11) is 0. The maximum atomic E-state index is 11.5. The van der Waals surface area contributed by atoms with Gasteiger partial charge in [0.05, 0.1) is 12.5 Å². The van der Waals surface area contributed by atoms with Gasteiger partial charge in [-0.3, -0.25) is 4.79 Å². The van der Waals surface area contributed by atoms with Crippen molar-refractivity contribution in [1.82, 2.24) is 20.8 Å². The number of aliphatic carboxylic acids is 1. The fourth-order valence-corrected chi connectivity index (χ4v) is 2.00. The quantitative estimate of drug-likeness (QED) is 0.702. The SMILES string of the molecule is O=C(NCc1ncon1)N[C@H]1CC[C@@H](C(=O)O)C1. The molecule has 0 unspecified atom stereocenters. The van der Waals surface area contributed by atoms with Gasteiger partial charge in [0.25, 0.3) is 0 Å². The van der Waals surface area contributed by atoms with Crippen molar-refractivity contribution in [2.24, 2.45) is 5.92 Å². The number of nitrogens with zero attached hydrogens (tertiary/aromatic N) is 2. The Morgan fingerprint density at radius 3 is 2.94 bits per heavy atom. The number of carbonyl (C=O) groups is 2. The average Bonchev–Trinajstić information content (AvgIpc) is 2.96. The van der Waals surface area contributed by atoms with E-state index in [2.05, 4.69) is 25.3 Å². The molecule has 18 heavy (non-hydrogen) atoms. The summed E-state index contributed by atoms with van der Waals surface area (Å²) < 4.78 is 4.52. The fraction of sp³-hybridized carbons (Fsp3) is 0.600. The van der Waals surface area contributed by atoms with Crippen molar-refractivity contribution in [3.63, 3.8) is 0 Å². The van der Waals surface area contributed by atoms with Gasteiger partial charge in [0, 0.05) is 6.04 Å². The van der Waals surface area contributed by atoms with E-state index in [1.807, 2.05) is 0 Å². The molecule has 2 amide bonds. The summed E-state index contributed by atoms with van der Waals surface area (Å²) >= 11 is 0. The molecule has 1 aliphatic carbocycles. The predicted molar refractivity (Wildman–Crippen MR) is 58.4 cm³/mol. The average molecular weight is 254 g/mol. The van der Waals surface area contributed by atoms with E-state index < -0.39 is 5.97 Å². The summed E-state index contributed by atoms with van der Waals surface area (Å²) in [6.07, 6.45) is 2.95. The van der Waals surface area contributed by atoms with Gasteiger partial charge < -0.3 is 20.3 Å². The smallest absolute Gasteiger partial charge is 0.315 e. The Morgan fingerprint density at radius 1 is 1.50 bits per heavy atom. The van der Waals surface area contributed by atoms with Crippen LogP contribution in [0.4, 0.5) is 4.79 Å². The van der Waals surface area contributed by atoms with Crippen LogP contribution in [0.3, 0.4) is 0 Å². The summed E-state index contributed by atoms with van der Waals surface area (Å²) in [5, 5.41) is 17.7. The Balaban J connectivity index is 1.70. The number of carboxylic acids is 1. The number of carboxylic acid groups (broad SMARTS) is 1. The molecule has 0 aromatic carbocycles. The number of rotatable bonds is 4. The van der Waals surface area contributed by atoms with Gasteiger partial charge in [-0.25, -0.2) is 4.79 Å². The lowest BCUT2D eigenvalue weighted by atomic mass is 10.1. The highest BCUT2D eigenvalue weighted by atomic mass is 16.5. The first-order valence-corrected chi connectivity index (χ1v) is 5.67. The Kier molecular flexibility index (Phi) is 3.75. The van der Waals surface area contributed by atoms with Crippen LogP contribution in [0, 0.1) is 5.92 Å². The molecular weight excluding hydrogens is 240 g/mol. The molecule has 1 aromatic rings. The zero-order valence-electron chi connectivity index (χ0n) is 9.63. The van der Waals surface area contributed by atoms with E-state index in [0.29, 0.717) is 25.1 Å². The summed E-state index contributed by atoms with van der Waals surface area (Å²) in [5.41, 5.74) is 0. The number of hydrogen-bond donors (Lipinski definition) is 3. The van der Waals surface area contributed by atoms with Crippen LogP contribution >= 0.6 is 0 Å². The first kappa shape index (κ1) is 12.3. The van der Waals surface area contributed by atoms with Crippen molar-refractivity contribution >= 4 is 12.0 Å². The highest BCUT2D eigenvalue weighted by Gasteiger charge is 2.30. The van der Waals surface area contributed by atoms with Gasteiger partial charge in [0.1, 0.15) is 0 Å². The monoisotopic (exact) mass is 254 g/mol. The zero-order chi connectivity index (χ0) is 13.0. The molecule has 8 nitrogen and oxygen atoms in total. The largest absolute Gasteiger partial charge is 0.481 e. The molecule has 8 heteroatoms. The van der Waals surface area contributed by atoms with Gasteiger partial charge in [-0.15, -0.1) is 0 Å². The number of nitrogens with one attached hydrogen (secondary N) is 2. The van der Waals surface area contributed by atoms with E-state index in [1.165, 1.54) is 6.39 Å². The lowest BCUT2D eigenvalue weighted by Gasteiger charge is -2.12. The van der Waals surface area contributed by atoms with Gasteiger partial charge in [-0.1, -0.05) is 5.16 Å². The molecule has 1 heterocycles. The maximum absolute atomic E-state index is 11.5. The minimum atomic E-state index is -0.800. The summed E-state index contributed by atoms with van der Waals surface area (Å²) in [6, 6.07) is -0.438. The minimum absolute atomic E-state index is 0.0867. The normalized spacial score (nSPS) is 22.7. The summed E-state index contributed by atoms with van der Waals surface area (Å²) in [6.45, 7) is 0.178. The van der Waals surface area contributed by atoms with Gasteiger partial charge in [-0.05, 0) is 19.3 Å². The van der Waals surface area contributed by atoms with E-state index in [-0.39, 0.29) is 24.5 Å². The van der Waals surface area contributed by atoms with Gasteiger partial charge in [-0.2, -0.15) is 4.98 Å². The molecule has 98 valence electrons. The number of urea groups is 1. The van der Waals surface area contributed by atoms with Crippen molar-refractivity contribution in [3.8, 4) is 0 Å². The molecule has 0 radical (unpaired) electrons. The first-order valence-electron chi connectivity index (χ1n) is 5.67. The molecule has 0 spiro atoms. The fourth-order valence-electron chi connectivity index (χ4n) is 2.00. The third-order valence-corrected chi connectivity index (χ3v) is 2.93. The van der Waals surface area contributed by atoms with Crippen LogP contribution in [0.5, 0.6) is 0 Å². The molecule has 2 atom stereocenters. The number of hydrogen-bond acceptors (Lipinski definition) is 5. The van der Waals surface area contributed by atoms with Crippen LogP contribution < -0.4 is 10.6 Å². The molecule has 0 bridgehead atoms. The summed E-state index contributed by atoms with van der Waals surface area (Å²) in [4.78, 5) is 26.0. The van der Waals surface area contributed by atoms with Crippen LogP contribution in [0.25, 0.3) is 0 Å². The van der Waals surface area contributed by atoms with Crippen molar-refractivity contribution in [2.45, 2.75) is 31.8 Å². The third kappa shape index (κ3) is 3.19. The van der Waals surface area contributed by atoms with Crippen LogP contribution in [0.15, 0.2) is 10.9 Å². The molecule has 1 aliphatic rings. The van der Waals surface area contributed by atoms with E-state index >= 15 is 0 Å². The highest BCUT2D eigenvalue weighted by Crippen LogP contribution is 2.25. The van der Waals surface area contributed by atoms with Gasteiger partial charge in [0.15, 0.2) is 5.82 Å². The van der Waals surface area contributed by atoms with E-state index in [9.17, 15) is 9.59 Å². The third-order valence-electron chi connectivity index (χ3n) is 2.93. The lowest BCUT2D eigenvalue weighted by molar-refractivity contribution is -0.141. The molecule has 1 aromatic heterocycles. The van der Waals surface area contributed by atoms with Crippen LogP contribution in [-0.2, 0) is 11.3 Å². The van der Waals surface area contributed by atoms with Crippen molar-refractivity contribution < 1.29 is 19.2 Å². The molecule has 1 fully saturated rings. The molecule has 0 saturated heterocycles. The van der Waals surface area contributed by atoms with Crippen LogP contribution in [0.1, 0.15) is 25.1 Å².